The van der Waals surface area contributed by atoms with Crippen molar-refractivity contribution in [2.24, 2.45) is 0 Å². The molecule has 0 aromatic heterocycles. The van der Waals surface area contributed by atoms with Crippen LogP contribution < -0.4 is 28.4 Å². The van der Waals surface area contributed by atoms with E-state index in [1.165, 1.54) is 131 Å². The van der Waals surface area contributed by atoms with Crippen LogP contribution in [-0.2, 0) is 52.9 Å². The van der Waals surface area contributed by atoms with Gasteiger partial charge in [-0.3, -0.25) is 0 Å². The van der Waals surface area contributed by atoms with Crippen LogP contribution in [-0.4, -0.2) is 65.6 Å². The summed E-state index contributed by atoms with van der Waals surface area (Å²) in [7, 11) is -8.93. The molecule has 146 heavy (non-hydrogen) atoms. The fraction of sp³-hybridized carbons (Fsp3) is 0.248. The second-order valence-corrected chi connectivity index (χ2v) is 44.0. The number of hydrogen-bond donors (Lipinski definition) is 0. The number of halogens is 4. The highest BCUT2D eigenvalue weighted by atomic mass is 32.2. The summed E-state index contributed by atoms with van der Waals surface area (Å²) in [4.78, 5) is 11.9. The van der Waals surface area contributed by atoms with Gasteiger partial charge in [0, 0.05) is 28.7 Å². The topological polar surface area (TPSA) is 170 Å². The molecule has 16 aromatic rings. The number of hydrogen-bond acceptors (Lipinski definition) is 12. The molecule has 0 radical (unpaired) electrons. The zero-order valence-electron chi connectivity index (χ0n) is 84.9. The van der Waals surface area contributed by atoms with Crippen molar-refractivity contribution < 1.29 is 71.9 Å². The molecule has 0 saturated heterocycles. The second kappa shape index (κ2) is 59.7. The summed E-state index contributed by atoms with van der Waals surface area (Å²) in [5.41, 5.74) is 7.38. The fourth-order valence-corrected chi connectivity index (χ4v) is 23.3. The van der Waals surface area contributed by atoms with Crippen LogP contribution in [0.4, 0.5) is 17.6 Å². The lowest BCUT2D eigenvalue weighted by molar-refractivity contribution is 0.217. The molecule has 0 aliphatic heterocycles. The molecule has 3 unspecified atom stereocenters. The SMILES string of the molecule is CCC(C)c1ccc(OCCCCCCCCCCOc2c(F)c(F)c(C)c(F)c2F)cc1.CCC(C)c1ccc(OCCCOc2ccc(S(=O)(=O)[O-])cc2)cc1.CCC(C)c1ccc2cc(OCCOc3ccc(S(=O)(=O)[O-])cc3)ccc2c1.Cc1ccccc1[S+](c1ccccc1C)c1ccccc1C.c1ccc([S+](c2ccccc2)c2ccccc2)cc1.c1ccc([S+](c2ccccc2)c2ccccc2)cc1. The Morgan fingerprint density at radius 1 is 0.253 bits per heavy atom. The highest BCUT2D eigenvalue weighted by Crippen LogP contribution is 2.39. The molecule has 3 atom stereocenters. The van der Waals surface area contributed by atoms with Crippen LogP contribution >= 0.6 is 0 Å². The molecular formula is C125H133F4O12S5+. The minimum Gasteiger partial charge on any atom is -0.744 e. The molecule has 0 amide bonds. The van der Waals surface area contributed by atoms with E-state index < -0.39 is 54.8 Å². The highest BCUT2D eigenvalue weighted by molar-refractivity contribution is 7.97. The first-order valence-corrected chi connectivity index (χ1v) is 56.4. The van der Waals surface area contributed by atoms with E-state index >= 15 is 0 Å². The van der Waals surface area contributed by atoms with Crippen LogP contribution in [0.15, 0.2) is 442 Å². The average Bonchev–Trinajstić information content (AvgIpc) is 0.783. The quantitative estimate of drug-likeness (QED) is 0.0117. The third-order valence-electron chi connectivity index (χ3n) is 24.6. The van der Waals surface area contributed by atoms with Crippen LogP contribution in [0.1, 0.15) is 175 Å². The first-order valence-electron chi connectivity index (χ1n) is 49.9. The third-order valence-corrected chi connectivity index (χ3v) is 33.5. The van der Waals surface area contributed by atoms with E-state index in [2.05, 4.69) is 366 Å². The molecular weight excluding hydrogens is 1930 g/mol. The lowest BCUT2D eigenvalue weighted by Gasteiger charge is -2.13. The maximum Gasteiger partial charge on any atom is 0.204 e. The Balaban J connectivity index is 0.000000168. The van der Waals surface area contributed by atoms with E-state index in [-0.39, 0.29) is 49.1 Å². The normalized spacial score (nSPS) is 11.7. The van der Waals surface area contributed by atoms with Gasteiger partial charge in [0.25, 0.3) is 0 Å². The predicted octanol–water partition coefficient (Wildman–Crippen LogP) is 32.6. The molecule has 0 aliphatic rings. The van der Waals surface area contributed by atoms with Crippen molar-refractivity contribution in [3.63, 3.8) is 0 Å². The van der Waals surface area contributed by atoms with Gasteiger partial charge >= 0.3 is 0 Å². The Morgan fingerprint density at radius 3 is 0.815 bits per heavy atom. The van der Waals surface area contributed by atoms with Gasteiger partial charge in [-0.25, -0.2) is 25.6 Å². The lowest BCUT2D eigenvalue weighted by Crippen LogP contribution is -2.09. The van der Waals surface area contributed by atoms with Crippen LogP contribution in [0.3, 0.4) is 0 Å². The summed E-state index contributed by atoms with van der Waals surface area (Å²) in [6.45, 7) is 23.2. The number of unbranched alkanes of at least 4 members (excludes halogenated alkanes) is 7. The largest absolute Gasteiger partial charge is 0.744 e. The zero-order valence-corrected chi connectivity index (χ0v) is 88.9. The van der Waals surface area contributed by atoms with Gasteiger partial charge < -0.3 is 37.5 Å². The molecule has 762 valence electrons. The summed E-state index contributed by atoms with van der Waals surface area (Å²) in [6, 6.07) is 130. The molecule has 0 fully saturated rings. The monoisotopic (exact) mass is 2060 g/mol. The Kier molecular flexibility index (Phi) is 46.4. The van der Waals surface area contributed by atoms with Crippen LogP contribution in [0.5, 0.6) is 34.5 Å². The lowest BCUT2D eigenvalue weighted by atomic mass is 9.96. The van der Waals surface area contributed by atoms with Gasteiger partial charge in [0.1, 0.15) is 73.1 Å². The number of aryl methyl sites for hydroxylation is 3. The first-order chi connectivity index (χ1) is 70.7. The van der Waals surface area contributed by atoms with Crippen molar-refractivity contribution >= 4 is 63.7 Å². The van der Waals surface area contributed by atoms with E-state index in [1.54, 1.807) is 0 Å². The summed E-state index contributed by atoms with van der Waals surface area (Å²) < 4.78 is 153. The van der Waals surface area contributed by atoms with Gasteiger partial charge in [0.05, 0.1) is 58.0 Å². The second-order valence-electron chi connectivity index (χ2n) is 35.3. The molecule has 21 heteroatoms. The van der Waals surface area contributed by atoms with E-state index in [0.29, 0.717) is 75.1 Å². The summed E-state index contributed by atoms with van der Waals surface area (Å²) in [5, 5.41) is 2.31. The summed E-state index contributed by atoms with van der Waals surface area (Å²) >= 11 is 0. The van der Waals surface area contributed by atoms with Crippen LogP contribution in [0.2, 0.25) is 0 Å². The van der Waals surface area contributed by atoms with Crippen molar-refractivity contribution in [3.05, 3.63) is 450 Å². The Bertz CT molecular complexity index is 6370. The number of ether oxygens (including phenoxy) is 6. The zero-order chi connectivity index (χ0) is 104. The van der Waals surface area contributed by atoms with Crippen LogP contribution in [0, 0.1) is 51.0 Å². The van der Waals surface area contributed by atoms with Crippen molar-refractivity contribution in [1.82, 2.24) is 0 Å². The van der Waals surface area contributed by atoms with Crippen molar-refractivity contribution in [2.45, 2.75) is 218 Å². The van der Waals surface area contributed by atoms with E-state index in [9.17, 15) is 43.5 Å². The molecule has 0 saturated carbocycles. The van der Waals surface area contributed by atoms with Crippen molar-refractivity contribution in [2.75, 3.05) is 39.6 Å². The maximum absolute atomic E-state index is 13.7. The molecule has 0 bridgehead atoms. The molecule has 16 aromatic carbocycles. The average molecular weight is 2060 g/mol. The molecule has 0 N–H and O–H groups in total. The number of benzene rings is 16. The number of fused-ring (bicyclic) bond motifs is 1. The first kappa shape index (κ1) is 113. The molecule has 0 aliphatic carbocycles. The Labute approximate surface area is 871 Å². The van der Waals surface area contributed by atoms with Gasteiger partial charge in [-0.05, 0) is 281 Å². The standard InChI is InChI=1S/C27H36F4O2.C22H24O5S.C21H21S.C19H24O5S.2C18H15S/c1-4-19(2)21-13-15-22(16-14-21)32-17-11-9-7-5-6-8-10-12-18-33-27-25(30)23(28)20(3)24(29)26(27)31;1-3-16(2)17-4-5-19-15-21(7-6-18(19)14-17)27-13-12-26-20-8-10-22(11-9-20)28(23,24)25;1-16-10-4-7-13-19(16)22(20-14-8-5-11-17(20)2)21-15-9-6-12-18(21)3;1-3-15(2)16-5-7-17(8-6-16)23-13-4-14-24-18-9-11-19(12-10-18)25(20,21)22;2*1-4-10-16(11-5-1)19(17-12-6-2-7-13-17)18-14-8-3-9-15-18/h13-16,19H,4-12,17-18H2,1-3H3;4-11,14-16H,3,12-13H2,1-2H3,(H,23,24,25);4-15H,1-3H3;5-12,15H,3-4,13-14H2,1-2H3,(H,20,21,22);2*1-15H/q;;+1;;2*+1/p-2. The maximum atomic E-state index is 13.7. The van der Waals surface area contributed by atoms with E-state index in [1.807, 2.05) is 36.4 Å². The molecule has 0 spiro atoms. The van der Waals surface area contributed by atoms with E-state index in [0.717, 1.165) is 93.8 Å². The van der Waals surface area contributed by atoms with Crippen LogP contribution in [0.25, 0.3) is 10.8 Å². The third kappa shape index (κ3) is 35.5. The summed E-state index contributed by atoms with van der Waals surface area (Å²) in [5.74, 6) is -1.57. The van der Waals surface area contributed by atoms with Gasteiger partial charge in [-0.15, -0.1) is 0 Å². The number of rotatable bonds is 41. The van der Waals surface area contributed by atoms with Crippen molar-refractivity contribution in [1.29, 1.82) is 0 Å². The molecule has 0 heterocycles. The Morgan fingerprint density at radius 2 is 0.500 bits per heavy atom. The minimum absolute atomic E-state index is 0.0146. The Hall–Kier alpha value is -12.8. The predicted molar refractivity (Wildman–Crippen MR) is 586 cm³/mol. The van der Waals surface area contributed by atoms with Gasteiger partial charge in [0.15, 0.2) is 61.4 Å². The minimum atomic E-state index is -4.44. The van der Waals surface area contributed by atoms with Crippen molar-refractivity contribution in [3.8, 4) is 34.5 Å². The van der Waals surface area contributed by atoms with Gasteiger partial charge in [0.2, 0.25) is 11.6 Å². The summed E-state index contributed by atoms with van der Waals surface area (Å²) in [6.07, 6.45) is 11.8. The van der Waals surface area contributed by atoms with E-state index in [4.69, 9.17) is 28.4 Å². The smallest absolute Gasteiger partial charge is 0.204 e. The van der Waals surface area contributed by atoms with Gasteiger partial charge in [-0.1, -0.05) is 292 Å². The molecule has 12 nitrogen and oxygen atoms in total. The fourth-order valence-electron chi connectivity index (χ4n) is 15.6. The molecule has 16 rings (SSSR count). The highest BCUT2D eigenvalue weighted by Gasteiger charge is 2.34. The van der Waals surface area contributed by atoms with Gasteiger partial charge in [-0.2, -0.15) is 8.78 Å².